The van der Waals surface area contributed by atoms with Gasteiger partial charge < -0.3 is 10.6 Å². The second kappa shape index (κ2) is 7.30. The zero-order valence-electron chi connectivity index (χ0n) is 17.2. The number of hydrogen-bond acceptors (Lipinski definition) is 4. The number of nitrogens with two attached hydrogens (primary N) is 1. The van der Waals surface area contributed by atoms with Gasteiger partial charge in [0.25, 0.3) is 5.56 Å². The van der Waals surface area contributed by atoms with Gasteiger partial charge in [-0.2, -0.15) is 0 Å². The van der Waals surface area contributed by atoms with Gasteiger partial charge in [0, 0.05) is 30.3 Å². The predicted octanol–water partition coefficient (Wildman–Crippen LogP) is 2.98. The number of H-pyrrole nitrogens is 1. The Balaban J connectivity index is 1.53. The van der Waals surface area contributed by atoms with Gasteiger partial charge in [-0.05, 0) is 55.7 Å². The molecule has 1 aromatic carbocycles. The van der Waals surface area contributed by atoms with Gasteiger partial charge in [-0.1, -0.05) is 12.1 Å². The third-order valence-corrected chi connectivity index (χ3v) is 6.65. The molecule has 0 radical (unpaired) electrons. The van der Waals surface area contributed by atoms with Crippen LogP contribution in [-0.4, -0.2) is 22.5 Å². The third kappa shape index (κ3) is 3.35. The van der Waals surface area contributed by atoms with E-state index in [1.54, 1.807) is 19.1 Å². The summed E-state index contributed by atoms with van der Waals surface area (Å²) in [6.45, 7) is 2.92. The van der Waals surface area contributed by atoms with Crippen LogP contribution in [0.25, 0.3) is 5.52 Å². The fraction of sp³-hybridized carbons (Fsp3) is 0.391. The van der Waals surface area contributed by atoms with Crippen molar-refractivity contribution in [2.75, 3.05) is 18.0 Å². The average molecular weight is 426 g/mol. The lowest BCUT2D eigenvalue weighted by Crippen LogP contribution is -2.31. The second-order valence-corrected chi connectivity index (χ2v) is 8.69. The molecule has 3 N–H and O–H groups in total. The lowest BCUT2D eigenvalue weighted by Gasteiger charge is -2.25. The monoisotopic (exact) mass is 426 g/mol. The molecule has 3 aromatic rings. The highest BCUT2D eigenvalue weighted by Gasteiger charge is 2.34. The number of aromatic amines is 1. The van der Waals surface area contributed by atoms with Gasteiger partial charge in [-0.3, -0.25) is 14.2 Å². The molecule has 1 aliphatic heterocycles. The minimum absolute atomic E-state index is 0.0739. The SMILES string of the molecule is Cc1c(N2CCC(C(N)c3ccc(F)cc3)C2)c(F)cn2c(=O)[nH]c(=O)c(C3CC3)c12. The van der Waals surface area contributed by atoms with Crippen LogP contribution in [0.1, 0.15) is 47.9 Å². The van der Waals surface area contributed by atoms with Crippen molar-refractivity contribution in [1.29, 1.82) is 0 Å². The van der Waals surface area contributed by atoms with Gasteiger partial charge in [0.05, 0.1) is 17.4 Å². The molecule has 2 atom stereocenters. The zero-order chi connectivity index (χ0) is 21.9. The highest BCUT2D eigenvalue weighted by Crippen LogP contribution is 2.42. The Kier molecular flexibility index (Phi) is 4.69. The maximum absolute atomic E-state index is 15.2. The van der Waals surface area contributed by atoms with Crippen molar-refractivity contribution in [3.63, 3.8) is 0 Å². The molecule has 5 rings (SSSR count). The van der Waals surface area contributed by atoms with Crippen molar-refractivity contribution in [2.24, 2.45) is 11.7 Å². The molecule has 2 aromatic heterocycles. The number of fused-ring (bicyclic) bond motifs is 1. The Bertz CT molecular complexity index is 1280. The molecule has 1 saturated heterocycles. The molecule has 2 unspecified atom stereocenters. The molecule has 162 valence electrons. The van der Waals surface area contributed by atoms with E-state index in [2.05, 4.69) is 4.98 Å². The normalized spacial score (nSPS) is 19.9. The molecule has 2 fully saturated rings. The highest BCUT2D eigenvalue weighted by atomic mass is 19.1. The van der Waals surface area contributed by atoms with E-state index >= 15 is 4.39 Å². The van der Waals surface area contributed by atoms with Gasteiger partial charge >= 0.3 is 5.69 Å². The molecule has 3 heterocycles. The minimum atomic E-state index is -0.629. The first kappa shape index (κ1) is 19.9. The summed E-state index contributed by atoms with van der Waals surface area (Å²) in [4.78, 5) is 29.1. The third-order valence-electron chi connectivity index (χ3n) is 6.65. The number of anilines is 1. The van der Waals surface area contributed by atoms with Crippen LogP contribution in [0.2, 0.25) is 0 Å². The maximum atomic E-state index is 15.2. The van der Waals surface area contributed by atoms with Crippen molar-refractivity contribution in [3.05, 3.63) is 79.6 Å². The number of rotatable bonds is 4. The molecule has 8 heteroatoms. The quantitative estimate of drug-likeness (QED) is 0.672. The lowest BCUT2D eigenvalue weighted by atomic mass is 9.93. The summed E-state index contributed by atoms with van der Waals surface area (Å²) in [6.07, 6.45) is 3.72. The molecule has 0 bridgehead atoms. The summed E-state index contributed by atoms with van der Waals surface area (Å²) >= 11 is 0. The van der Waals surface area contributed by atoms with Crippen molar-refractivity contribution in [3.8, 4) is 0 Å². The number of nitrogens with zero attached hydrogens (tertiary/aromatic N) is 2. The number of pyridine rings is 1. The first-order valence-corrected chi connectivity index (χ1v) is 10.6. The summed E-state index contributed by atoms with van der Waals surface area (Å²) in [5, 5.41) is 0. The number of benzene rings is 1. The van der Waals surface area contributed by atoms with E-state index in [0.717, 1.165) is 24.8 Å². The molecular formula is C23H24F2N4O2. The fourth-order valence-electron chi connectivity index (χ4n) is 4.91. The van der Waals surface area contributed by atoms with E-state index in [4.69, 9.17) is 5.73 Å². The van der Waals surface area contributed by atoms with Crippen molar-refractivity contribution in [2.45, 2.75) is 38.1 Å². The van der Waals surface area contributed by atoms with Crippen LogP contribution < -0.4 is 21.9 Å². The Morgan fingerprint density at radius 2 is 1.84 bits per heavy atom. The van der Waals surface area contributed by atoms with E-state index in [1.165, 1.54) is 22.7 Å². The fourth-order valence-corrected chi connectivity index (χ4v) is 4.91. The van der Waals surface area contributed by atoms with E-state index < -0.39 is 11.5 Å². The zero-order valence-corrected chi connectivity index (χ0v) is 17.2. The number of halogens is 2. The molecular weight excluding hydrogens is 402 g/mol. The molecule has 0 spiro atoms. The first-order chi connectivity index (χ1) is 14.8. The van der Waals surface area contributed by atoms with Gasteiger partial charge in [0.2, 0.25) is 0 Å². The summed E-state index contributed by atoms with van der Waals surface area (Å²) in [6, 6.07) is 5.87. The average Bonchev–Trinajstić information content (AvgIpc) is 3.45. The summed E-state index contributed by atoms with van der Waals surface area (Å²) in [7, 11) is 0. The minimum Gasteiger partial charge on any atom is -0.368 e. The number of hydrogen-bond donors (Lipinski definition) is 2. The lowest BCUT2D eigenvalue weighted by molar-refractivity contribution is 0.473. The van der Waals surface area contributed by atoms with Crippen LogP contribution in [0.15, 0.2) is 40.1 Å². The van der Waals surface area contributed by atoms with Crippen LogP contribution in [0, 0.1) is 24.5 Å². The Hall–Kier alpha value is -3.00. The summed E-state index contributed by atoms with van der Waals surface area (Å²) in [5.41, 5.74) is 8.36. The van der Waals surface area contributed by atoms with Gasteiger partial charge in [0.15, 0.2) is 5.82 Å². The summed E-state index contributed by atoms with van der Waals surface area (Å²) < 4.78 is 29.7. The summed E-state index contributed by atoms with van der Waals surface area (Å²) in [5.74, 6) is -0.634. The largest absolute Gasteiger partial charge is 0.368 e. The van der Waals surface area contributed by atoms with Crippen LogP contribution >= 0.6 is 0 Å². The topological polar surface area (TPSA) is 83.6 Å². The van der Waals surface area contributed by atoms with Crippen LogP contribution in [-0.2, 0) is 0 Å². The maximum Gasteiger partial charge on any atom is 0.333 e. The van der Waals surface area contributed by atoms with Crippen molar-refractivity contribution >= 4 is 11.2 Å². The standard InChI is InChI=1S/C23H24F2N4O2/c1-12-20(28-9-8-15(10-28)19(26)14-4-6-16(24)7-5-14)17(25)11-29-21(12)18(13-2-3-13)22(30)27-23(29)31/h4-7,11,13,15,19H,2-3,8-10,26H2,1H3,(H,27,30,31). The van der Waals surface area contributed by atoms with Crippen LogP contribution in [0.4, 0.5) is 14.5 Å². The smallest absolute Gasteiger partial charge is 0.333 e. The number of nitrogens with one attached hydrogen (secondary N) is 1. The Labute approximate surface area is 177 Å². The molecule has 6 nitrogen and oxygen atoms in total. The van der Waals surface area contributed by atoms with E-state index in [9.17, 15) is 14.0 Å². The number of aromatic nitrogens is 2. The van der Waals surface area contributed by atoms with Gasteiger partial charge in [-0.25, -0.2) is 13.6 Å². The molecule has 31 heavy (non-hydrogen) atoms. The molecule has 1 aliphatic carbocycles. The van der Waals surface area contributed by atoms with E-state index in [-0.39, 0.29) is 29.3 Å². The van der Waals surface area contributed by atoms with Crippen molar-refractivity contribution in [1.82, 2.24) is 9.38 Å². The number of aryl methyl sites for hydroxylation is 1. The highest BCUT2D eigenvalue weighted by molar-refractivity contribution is 5.72. The van der Waals surface area contributed by atoms with Gasteiger partial charge in [0.1, 0.15) is 5.82 Å². The van der Waals surface area contributed by atoms with Crippen LogP contribution in [0.3, 0.4) is 0 Å². The van der Waals surface area contributed by atoms with Crippen molar-refractivity contribution < 1.29 is 8.78 Å². The van der Waals surface area contributed by atoms with E-state index in [0.29, 0.717) is 35.4 Å². The van der Waals surface area contributed by atoms with Crippen LogP contribution in [0.5, 0.6) is 0 Å². The first-order valence-electron chi connectivity index (χ1n) is 10.6. The molecule has 0 amide bonds. The second-order valence-electron chi connectivity index (χ2n) is 8.69. The van der Waals surface area contributed by atoms with E-state index in [1.807, 2.05) is 4.90 Å². The predicted molar refractivity (Wildman–Crippen MR) is 115 cm³/mol. The molecule has 2 aliphatic rings. The molecule has 1 saturated carbocycles. The van der Waals surface area contributed by atoms with Gasteiger partial charge in [-0.15, -0.1) is 0 Å². The Morgan fingerprint density at radius 3 is 2.52 bits per heavy atom. The Morgan fingerprint density at radius 1 is 1.13 bits per heavy atom.